The van der Waals surface area contributed by atoms with Crippen LogP contribution in [0.3, 0.4) is 0 Å². The largest absolute Gasteiger partial charge is 0.481 e. The van der Waals surface area contributed by atoms with Crippen molar-refractivity contribution >= 4 is 18.0 Å². The van der Waals surface area contributed by atoms with Crippen LogP contribution >= 0.6 is 0 Å². The Morgan fingerprint density at radius 3 is 2.94 bits per heavy atom. The molecule has 1 aliphatic rings. The second-order valence-electron chi connectivity index (χ2n) is 3.95. The quantitative estimate of drug-likeness (QED) is 0.761. The van der Waals surface area contributed by atoms with Crippen molar-refractivity contribution in [2.75, 3.05) is 13.2 Å². The van der Waals surface area contributed by atoms with E-state index in [1.165, 1.54) is 18.4 Å². The molecule has 2 N–H and O–H groups in total. The van der Waals surface area contributed by atoms with Crippen LogP contribution in [0.2, 0.25) is 0 Å². The number of rotatable bonds is 4. The fourth-order valence-corrected chi connectivity index (χ4v) is 1.71. The first-order valence-electron chi connectivity index (χ1n) is 5.49. The van der Waals surface area contributed by atoms with E-state index < -0.39 is 17.9 Å². The van der Waals surface area contributed by atoms with Crippen LogP contribution in [0.4, 0.5) is 0 Å². The van der Waals surface area contributed by atoms with Crippen molar-refractivity contribution in [1.29, 1.82) is 0 Å². The Kier molecular flexibility index (Phi) is 3.78. The van der Waals surface area contributed by atoms with Gasteiger partial charge in [-0.15, -0.1) is 0 Å². The van der Waals surface area contributed by atoms with Crippen molar-refractivity contribution in [2.45, 2.75) is 6.04 Å². The van der Waals surface area contributed by atoms with Gasteiger partial charge in [-0.1, -0.05) is 0 Å². The van der Waals surface area contributed by atoms with Crippen molar-refractivity contribution in [2.24, 2.45) is 5.92 Å². The minimum Gasteiger partial charge on any atom is -0.481 e. The van der Waals surface area contributed by atoms with Crippen LogP contribution in [0, 0.1) is 5.92 Å². The molecular formula is C12H13NO5. The summed E-state index contributed by atoms with van der Waals surface area (Å²) in [4.78, 5) is 22.4. The van der Waals surface area contributed by atoms with Gasteiger partial charge in [-0.25, -0.2) is 0 Å². The second kappa shape index (κ2) is 5.50. The third kappa shape index (κ3) is 2.98. The first kappa shape index (κ1) is 12.4. The number of hydrogen-bond donors (Lipinski definition) is 2. The molecule has 0 aromatic carbocycles. The predicted molar refractivity (Wildman–Crippen MR) is 61.6 cm³/mol. The van der Waals surface area contributed by atoms with Gasteiger partial charge < -0.3 is 19.6 Å². The van der Waals surface area contributed by atoms with Gasteiger partial charge in [0.2, 0.25) is 5.91 Å². The summed E-state index contributed by atoms with van der Waals surface area (Å²) in [5, 5.41) is 11.5. The zero-order valence-corrected chi connectivity index (χ0v) is 9.54. The van der Waals surface area contributed by atoms with Crippen LogP contribution in [-0.2, 0) is 14.3 Å². The number of carbonyl (C=O) groups is 2. The van der Waals surface area contributed by atoms with Gasteiger partial charge in [0.1, 0.15) is 11.7 Å². The molecule has 2 rings (SSSR count). The van der Waals surface area contributed by atoms with Gasteiger partial charge in [-0.3, -0.25) is 9.59 Å². The molecule has 0 saturated carbocycles. The number of ether oxygens (including phenoxy) is 1. The van der Waals surface area contributed by atoms with Crippen molar-refractivity contribution in [3.05, 3.63) is 30.2 Å². The number of carbonyl (C=O) groups excluding carboxylic acids is 1. The lowest BCUT2D eigenvalue weighted by molar-refractivity contribution is -0.142. The predicted octanol–water partition coefficient (Wildman–Crippen LogP) is 0.509. The van der Waals surface area contributed by atoms with E-state index in [2.05, 4.69) is 5.32 Å². The van der Waals surface area contributed by atoms with E-state index >= 15 is 0 Å². The molecule has 0 radical (unpaired) electrons. The Morgan fingerprint density at radius 2 is 2.28 bits per heavy atom. The van der Waals surface area contributed by atoms with E-state index in [1.807, 2.05) is 0 Å². The first-order chi connectivity index (χ1) is 8.66. The summed E-state index contributed by atoms with van der Waals surface area (Å²) in [5.41, 5.74) is 0. The number of carboxylic acids is 1. The van der Waals surface area contributed by atoms with Crippen molar-refractivity contribution < 1.29 is 23.8 Å². The van der Waals surface area contributed by atoms with Crippen LogP contribution in [-0.4, -0.2) is 36.2 Å². The molecule has 2 unspecified atom stereocenters. The molecule has 1 saturated heterocycles. The topological polar surface area (TPSA) is 88.8 Å². The Labute approximate surface area is 103 Å². The minimum absolute atomic E-state index is 0.127. The molecule has 1 aromatic rings. The molecule has 6 nitrogen and oxygen atoms in total. The zero-order valence-electron chi connectivity index (χ0n) is 9.54. The summed E-state index contributed by atoms with van der Waals surface area (Å²) in [6.45, 7) is 0.347. The monoisotopic (exact) mass is 251 g/mol. The van der Waals surface area contributed by atoms with Crippen LogP contribution in [0.15, 0.2) is 28.9 Å². The number of carboxylic acid groups (broad SMARTS) is 1. The molecule has 96 valence electrons. The molecular weight excluding hydrogens is 238 g/mol. The molecule has 1 fully saturated rings. The second-order valence-corrected chi connectivity index (χ2v) is 3.95. The fraction of sp³-hybridized carbons (Fsp3) is 0.333. The maximum atomic E-state index is 11.6. The Bertz CT molecular complexity index is 451. The number of nitrogens with one attached hydrogen (secondary N) is 1. The molecule has 18 heavy (non-hydrogen) atoms. The molecule has 0 spiro atoms. The summed E-state index contributed by atoms with van der Waals surface area (Å²) in [5.74, 6) is -1.46. The number of hydrogen-bond acceptors (Lipinski definition) is 4. The first-order valence-corrected chi connectivity index (χ1v) is 5.49. The average molecular weight is 251 g/mol. The third-order valence-electron chi connectivity index (χ3n) is 2.67. The third-order valence-corrected chi connectivity index (χ3v) is 2.67. The molecule has 6 heteroatoms. The standard InChI is InChI=1S/C12H13NO5/c14-11(4-3-8-2-1-5-18-8)13-10-7-17-6-9(10)12(15)16/h1-5,9-10H,6-7H2,(H,13,14)(H,15,16). The van der Waals surface area contributed by atoms with E-state index in [4.69, 9.17) is 14.3 Å². The summed E-state index contributed by atoms with van der Waals surface area (Å²) in [6.07, 6.45) is 4.32. The van der Waals surface area contributed by atoms with Crippen molar-refractivity contribution in [1.82, 2.24) is 5.32 Å². The van der Waals surface area contributed by atoms with Gasteiger partial charge >= 0.3 is 5.97 Å². The highest BCUT2D eigenvalue weighted by molar-refractivity contribution is 5.92. The fourth-order valence-electron chi connectivity index (χ4n) is 1.71. The molecule has 0 aliphatic carbocycles. The smallest absolute Gasteiger partial charge is 0.311 e. The lowest BCUT2D eigenvalue weighted by Gasteiger charge is -2.13. The Balaban J connectivity index is 1.89. The van der Waals surface area contributed by atoms with E-state index in [1.54, 1.807) is 12.1 Å². The maximum absolute atomic E-state index is 11.6. The molecule has 2 heterocycles. The minimum atomic E-state index is -0.965. The average Bonchev–Trinajstić information content (AvgIpc) is 2.96. The molecule has 1 amide bonds. The number of amides is 1. The van der Waals surface area contributed by atoms with Gasteiger partial charge in [0.25, 0.3) is 0 Å². The van der Waals surface area contributed by atoms with Crippen LogP contribution < -0.4 is 5.32 Å². The summed E-state index contributed by atoms with van der Waals surface area (Å²) in [7, 11) is 0. The molecule has 1 aliphatic heterocycles. The van der Waals surface area contributed by atoms with E-state index in [-0.39, 0.29) is 19.1 Å². The highest BCUT2D eigenvalue weighted by Gasteiger charge is 2.34. The SMILES string of the molecule is O=C(C=Cc1ccco1)NC1COCC1C(=O)O. The van der Waals surface area contributed by atoms with Gasteiger partial charge in [-0.05, 0) is 18.2 Å². The molecule has 0 bridgehead atoms. The van der Waals surface area contributed by atoms with Gasteiger partial charge in [0.05, 0.1) is 25.5 Å². The molecule has 2 atom stereocenters. The van der Waals surface area contributed by atoms with Gasteiger partial charge in [-0.2, -0.15) is 0 Å². The highest BCUT2D eigenvalue weighted by Crippen LogP contribution is 2.13. The highest BCUT2D eigenvalue weighted by atomic mass is 16.5. The van der Waals surface area contributed by atoms with Crippen LogP contribution in [0.5, 0.6) is 0 Å². The summed E-state index contributed by atoms with van der Waals surface area (Å²) in [6, 6.07) is 2.93. The Hall–Kier alpha value is -2.08. The van der Waals surface area contributed by atoms with Gasteiger partial charge in [0, 0.05) is 6.08 Å². The summed E-state index contributed by atoms with van der Waals surface area (Å²) < 4.78 is 10.1. The van der Waals surface area contributed by atoms with Gasteiger partial charge in [0.15, 0.2) is 0 Å². The van der Waals surface area contributed by atoms with Crippen molar-refractivity contribution in [3.63, 3.8) is 0 Å². The van der Waals surface area contributed by atoms with Crippen molar-refractivity contribution in [3.8, 4) is 0 Å². The van der Waals surface area contributed by atoms with Crippen LogP contribution in [0.1, 0.15) is 5.76 Å². The molecule has 1 aromatic heterocycles. The zero-order chi connectivity index (χ0) is 13.0. The Morgan fingerprint density at radius 1 is 1.44 bits per heavy atom. The number of furan rings is 1. The normalized spacial score (nSPS) is 23.3. The maximum Gasteiger partial charge on any atom is 0.311 e. The van der Waals surface area contributed by atoms with E-state index in [0.717, 1.165) is 0 Å². The van der Waals surface area contributed by atoms with E-state index in [9.17, 15) is 9.59 Å². The lowest BCUT2D eigenvalue weighted by Crippen LogP contribution is -2.41. The van der Waals surface area contributed by atoms with E-state index in [0.29, 0.717) is 5.76 Å². The number of aliphatic carboxylic acids is 1. The van der Waals surface area contributed by atoms with Crippen LogP contribution in [0.25, 0.3) is 6.08 Å². The lowest BCUT2D eigenvalue weighted by atomic mass is 10.0. The summed E-state index contributed by atoms with van der Waals surface area (Å²) >= 11 is 0.